The normalized spacial score (nSPS) is 12.4. The van der Waals surface area contributed by atoms with Gasteiger partial charge in [0.1, 0.15) is 10.1 Å². The van der Waals surface area contributed by atoms with E-state index < -0.39 is 0 Å². The third kappa shape index (κ3) is 3.57. The molecule has 20 heavy (non-hydrogen) atoms. The molecule has 2 rings (SSSR count). The van der Waals surface area contributed by atoms with Crippen LogP contribution >= 0.6 is 54.8 Å². The van der Waals surface area contributed by atoms with Crippen LogP contribution in [-0.2, 0) is 0 Å². The van der Waals surface area contributed by atoms with Crippen LogP contribution in [0, 0.1) is 0 Å². The molecule has 6 heteroatoms. The molecule has 1 aromatic heterocycles. The topological polar surface area (TPSA) is 21.3 Å². The molecule has 0 radical (unpaired) electrons. The molecule has 0 spiro atoms. The Balaban J connectivity index is 2.40. The van der Waals surface area contributed by atoms with Gasteiger partial charge < -0.3 is 10.1 Å². The first-order valence-electron chi connectivity index (χ1n) is 6.08. The third-order valence-corrected chi connectivity index (χ3v) is 6.03. The number of hydrogen-bond donors (Lipinski definition) is 1. The number of nitrogens with one attached hydrogen (secondary N) is 1. The lowest BCUT2D eigenvalue weighted by Gasteiger charge is -2.18. The van der Waals surface area contributed by atoms with Crippen LogP contribution in [0.5, 0.6) is 5.75 Å². The molecule has 1 atom stereocenters. The van der Waals surface area contributed by atoms with Crippen molar-refractivity contribution in [3.05, 3.63) is 48.0 Å². The standard InChI is InChI=1S/C14H14Br2ClNOS/c1-3-18-13(12-7-10(16)14(17)20-12)8-4-5-11(19-2)9(15)6-8/h4-7,13,18H,3H2,1-2H3. The molecule has 2 nitrogen and oxygen atoms in total. The van der Waals surface area contributed by atoms with Gasteiger partial charge in [-0.3, -0.25) is 0 Å². The summed E-state index contributed by atoms with van der Waals surface area (Å²) in [5, 5.41) is 3.49. The number of halogens is 3. The van der Waals surface area contributed by atoms with E-state index in [1.54, 1.807) is 18.4 Å². The van der Waals surface area contributed by atoms with Crippen LogP contribution in [0.2, 0.25) is 4.34 Å². The molecule has 0 aliphatic carbocycles. The minimum atomic E-state index is 0.121. The number of rotatable bonds is 5. The second-order valence-corrected chi connectivity index (χ2v) is 7.55. The lowest BCUT2D eigenvalue weighted by Crippen LogP contribution is -2.21. The molecule has 0 aliphatic heterocycles. The van der Waals surface area contributed by atoms with Gasteiger partial charge in [0, 0.05) is 9.35 Å². The van der Waals surface area contributed by atoms with E-state index in [2.05, 4.69) is 62.3 Å². The number of hydrogen-bond acceptors (Lipinski definition) is 3. The zero-order valence-electron chi connectivity index (χ0n) is 11.0. The highest BCUT2D eigenvalue weighted by Crippen LogP contribution is 2.38. The van der Waals surface area contributed by atoms with E-state index in [4.69, 9.17) is 16.3 Å². The monoisotopic (exact) mass is 437 g/mol. The Hall–Kier alpha value is -0.0700. The quantitative estimate of drug-likeness (QED) is 0.652. The van der Waals surface area contributed by atoms with Crippen molar-refractivity contribution in [2.24, 2.45) is 0 Å². The fraction of sp³-hybridized carbons (Fsp3) is 0.286. The maximum atomic E-state index is 6.15. The largest absolute Gasteiger partial charge is 0.496 e. The van der Waals surface area contributed by atoms with Crippen molar-refractivity contribution in [1.82, 2.24) is 5.32 Å². The second kappa shape index (κ2) is 7.27. The van der Waals surface area contributed by atoms with Gasteiger partial charge in [0.05, 0.1) is 17.6 Å². The van der Waals surface area contributed by atoms with E-state index in [9.17, 15) is 0 Å². The molecular formula is C14H14Br2ClNOS. The maximum Gasteiger partial charge on any atom is 0.133 e. The minimum absolute atomic E-state index is 0.121. The molecule has 0 bridgehead atoms. The van der Waals surface area contributed by atoms with E-state index in [0.717, 1.165) is 25.6 Å². The molecular weight excluding hydrogens is 425 g/mol. The van der Waals surface area contributed by atoms with Crippen molar-refractivity contribution in [2.45, 2.75) is 13.0 Å². The van der Waals surface area contributed by atoms with Crippen LogP contribution < -0.4 is 10.1 Å². The highest BCUT2D eigenvalue weighted by atomic mass is 79.9. The van der Waals surface area contributed by atoms with Crippen molar-refractivity contribution in [1.29, 1.82) is 0 Å². The summed E-state index contributed by atoms with van der Waals surface area (Å²) >= 11 is 14.7. The molecule has 0 saturated heterocycles. The number of ether oxygens (including phenoxy) is 1. The first-order chi connectivity index (χ1) is 9.56. The molecule has 1 unspecified atom stereocenters. The Kier molecular flexibility index (Phi) is 5.93. The SMILES string of the molecule is CCNC(c1ccc(OC)c(Br)c1)c1cc(Br)c(Cl)s1. The van der Waals surface area contributed by atoms with Gasteiger partial charge in [0.25, 0.3) is 0 Å². The van der Waals surface area contributed by atoms with Crippen molar-refractivity contribution in [3.63, 3.8) is 0 Å². The third-order valence-electron chi connectivity index (χ3n) is 2.87. The first-order valence-corrected chi connectivity index (χ1v) is 8.86. The summed E-state index contributed by atoms with van der Waals surface area (Å²) in [6.07, 6.45) is 0. The van der Waals surface area contributed by atoms with Crippen molar-refractivity contribution >= 4 is 54.8 Å². The van der Waals surface area contributed by atoms with Crippen LogP contribution in [0.15, 0.2) is 33.2 Å². The molecule has 2 aromatic rings. The zero-order chi connectivity index (χ0) is 14.7. The van der Waals surface area contributed by atoms with Gasteiger partial charge in [-0.2, -0.15) is 0 Å². The summed E-state index contributed by atoms with van der Waals surface area (Å²) in [4.78, 5) is 1.18. The summed E-state index contributed by atoms with van der Waals surface area (Å²) in [6.45, 7) is 2.97. The highest BCUT2D eigenvalue weighted by molar-refractivity contribution is 9.11. The molecule has 0 saturated carbocycles. The Morgan fingerprint density at radius 1 is 1.30 bits per heavy atom. The van der Waals surface area contributed by atoms with Crippen LogP contribution in [0.1, 0.15) is 23.4 Å². The average Bonchev–Trinajstić information content (AvgIpc) is 2.75. The highest BCUT2D eigenvalue weighted by Gasteiger charge is 2.18. The van der Waals surface area contributed by atoms with Crippen LogP contribution in [0.3, 0.4) is 0 Å². The molecule has 0 aliphatic rings. The lowest BCUT2D eigenvalue weighted by molar-refractivity contribution is 0.412. The van der Waals surface area contributed by atoms with Gasteiger partial charge in [0.2, 0.25) is 0 Å². The Labute approximate surface area is 144 Å². The van der Waals surface area contributed by atoms with Crippen molar-refractivity contribution < 1.29 is 4.74 Å². The van der Waals surface area contributed by atoms with E-state index >= 15 is 0 Å². The van der Waals surface area contributed by atoms with E-state index in [1.165, 1.54) is 10.4 Å². The molecule has 1 heterocycles. The van der Waals surface area contributed by atoms with Crippen LogP contribution in [0.4, 0.5) is 0 Å². The number of benzene rings is 1. The van der Waals surface area contributed by atoms with Gasteiger partial charge in [0.15, 0.2) is 0 Å². The molecule has 0 amide bonds. The van der Waals surface area contributed by atoms with Crippen LogP contribution in [0.25, 0.3) is 0 Å². The lowest BCUT2D eigenvalue weighted by atomic mass is 10.1. The predicted molar refractivity (Wildman–Crippen MR) is 93.2 cm³/mol. The Morgan fingerprint density at radius 3 is 2.55 bits per heavy atom. The Bertz CT molecular complexity index is 583. The summed E-state index contributed by atoms with van der Waals surface area (Å²) in [7, 11) is 1.66. The summed E-state index contributed by atoms with van der Waals surface area (Å²) in [5.74, 6) is 0.828. The average molecular weight is 440 g/mol. The van der Waals surface area contributed by atoms with Crippen molar-refractivity contribution in [2.75, 3.05) is 13.7 Å². The van der Waals surface area contributed by atoms with Gasteiger partial charge >= 0.3 is 0 Å². The van der Waals surface area contributed by atoms with Crippen LogP contribution in [-0.4, -0.2) is 13.7 Å². The van der Waals surface area contributed by atoms with E-state index in [0.29, 0.717) is 0 Å². The molecule has 1 N–H and O–H groups in total. The van der Waals surface area contributed by atoms with Gasteiger partial charge in [-0.05, 0) is 62.2 Å². The summed E-state index contributed by atoms with van der Waals surface area (Å²) in [6, 6.07) is 8.30. The smallest absolute Gasteiger partial charge is 0.133 e. The van der Waals surface area contributed by atoms with Gasteiger partial charge in [-0.1, -0.05) is 24.6 Å². The van der Waals surface area contributed by atoms with E-state index in [1.807, 2.05) is 6.07 Å². The van der Waals surface area contributed by atoms with Crippen molar-refractivity contribution in [3.8, 4) is 5.75 Å². The number of methoxy groups -OCH3 is 1. The van der Waals surface area contributed by atoms with Gasteiger partial charge in [-0.25, -0.2) is 0 Å². The zero-order valence-corrected chi connectivity index (χ0v) is 15.8. The van der Waals surface area contributed by atoms with E-state index in [-0.39, 0.29) is 6.04 Å². The minimum Gasteiger partial charge on any atom is -0.496 e. The molecule has 0 fully saturated rings. The summed E-state index contributed by atoms with van der Waals surface area (Å²) in [5.41, 5.74) is 1.17. The predicted octanol–water partition coefficient (Wildman–Crippen LogP) is 5.63. The fourth-order valence-corrected chi connectivity index (χ4v) is 4.35. The number of thiophene rings is 1. The summed E-state index contributed by atoms with van der Waals surface area (Å²) < 4.78 is 7.93. The maximum absolute atomic E-state index is 6.15. The molecule has 1 aromatic carbocycles. The first kappa shape index (κ1) is 16.3. The second-order valence-electron chi connectivity index (χ2n) is 4.16. The Morgan fingerprint density at radius 2 is 2.05 bits per heavy atom. The van der Waals surface area contributed by atoms with Gasteiger partial charge in [-0.15, -0.1) is 11.3 Å². The fourth-order valence-electron chi connectivity index (χ4n) is 1.95. The molecule has 108 valence electrons.